The molecule has 1 unspecified atom stereocenters. The summed E-state index contributed by atoms with van der Waals surface area (Å²) in [7, 11) is 0. The first-order valence-electron chi connectivity index (χ1n) is 8.59. The van der Waals surface area contributed by atoms with Gasteiger partial charge in [0.1, 0.15) is 11.4 Å². The normalized spacial score (nSPS) is 21.6. The Kier molecular flexibility index (Phi) is 5.93. The van der Waals surface area contributed by atoms with Crippen LogP contribution in [0.3, 0.4) is 0 Å². The molecule has 2 aromatic rings. The number of halogens is 1. The fraction of sp³-hybridized carbons (Fsp3) is 0.316. The molecule has 3 rings (SSSR count). The molecule has 7 nitrogen and oxygen atoms in total. The van der Waals surface area contributed by atoms with Crippen LogP contribution in [0, 0.1) is 0 Å². The van der Waals surface area contributed by atoms with Gasteiger partial charge in [-0.05, 0) is 43.2 Å². The van der Waals surface area contributed by atoms with E-state index in [2.05, 4.69) is 15.6 Å². The summed E-state index contributed by atoms with van der Waals surface area (Å²) >= 11 is 5.89. The number of aromatic nitrogens is 1. The van der Waals surface area contributed by atoms with Crippen LogP contribution < -0.4 is 10.6 Å². The second-order valence-corrected chi connectivity index (χ2v) is 6.98. The number of aromatic hydroxyl groups is 1. The number of carbonyl (C=O) groups excluding carboxylic acids is 2. The van der Waals surface area contributed by atoms with Crippen LogP contribution >= 0.6 is 11.6 Å². The molecule has 4 N–H and O–H groups in total. The van der Waals surface area contributed by atoms with E-state index in [1.54, 1.807) is 24.3 Å². The van der Waals surface area contributed by atoms with Crippen LogP contribution in [0.2, 0.25) is 5.02 Å². The zero-order valence-corrected chi connectivity index (χ0v) is 15.2. The summed E-state index contributed by atoms with van der Waals surface area (Å²) in [6.07, 6.45) is 1.48. The van der Waals surface area contributed by atoms with Crippen molar-refractivity contribution in [3.8, 4) is 5.75 Å². The number of hydrogen-bond donors (Lipinski definition) is 4. The molecule has 0 spiro atoms. The number of hydrogen-bond acceptors (Lipinski definition) is 5. The molecule has 0 radical (unpaired) electrons. The Bertz CT molecular complexity index is 831. The van der Waals surface area contributed by atoms with Crippen molar-refractivity contribution in [2.45, 2.75) is 37.5 Å². The quantitative estimate of drug-likeness (QED) is 0.618. The molecule has 1 fully saturated rings. The number of rotatable bonds is 5. The molecule has 1 aromatic carbocycles. The van der Waals surface area contributed by atoms with Gasteiger partial charge in [0.25, 0.3) is 5.91 Å². The highest BCUT2D eigenvalue weighted by atomic mass is 35.5. The summed E-state index contributed by atoms with van der Waals surface area (Å²) in [5.74, 6) is -0.654. The number of phenolic OH excluding ortho intramolecular Hbond substituents is 1. The average Bonchev–Trinajstić information content (AvgIpc) is 2.97. The first kappa shape index (κ1) is 19.1. The van der Waals surface area contributed by atoms with E-state index in [4.69, 9.17) is 11.6 Å². The monoisotopic (exact) mass is 389 g/mol. The molecular weight excluding hydrogens is 370 g/mol. The van der Waals surface area contributed by atoms with Crippen LogP contribution in [0.25, 0.3) is 0 Å². The van der Waals surface area contributed by atoms with Crippen molar-refractivity contribution in [2.75, 3.05) is 0 Å². The van der Waals surface area contributed by atoms with E-state index in [0.29, 0.717) is 23.4 Å². The molecule has 0 aliphatic heterocycles. The summed E-state index contributed by atoms with van der Waals surface area (Å²) in [5.41, 5.74) is 0.701. The first-order valence-corrected chi connectivity index (χ1v) is 8.97. The third kappa shape index (κ3) is 4.96. The van der Waals surface area contributed by atoms with Crippen LogP contribution in [-0.4, -0.2) is 45.2 Å². The highest BCUT2D eigenvalue weighted by molar-refractivity contribution is 6.30. The van der Waals surface area contributed by atoms with E-state index < -0.39 is 12.1 Å². The molecular formula is C19H20ClN3O4. The molecule has 2 amide bonds. The highest BCUT2D eigenvalue weighted by Gasteiger charge is 2.35. The first-order chi connectivity index (χ1) is 12.9. The van der Waals surface area contributed by atoms with Gasteiger partial charge >= 0.3 is 0 Å². The molecule has 1 heterocycles. The molecule has 1 aromatic heterocycles. The van der Waals surface area contributed by atoms with Crippen molar-refractivity contribution in [3.05, 3.63) is 58.9 Å². The topological polar surface area (TPSA) is 112 Å². The summed E-state index contributed by atoms with van der Waals surface area (Å²) in [5, 5.41) is 26.0. The largest absolute Gasteiger partial charge is 0.508 e. The molecule has 0 bridgehead atoms. The summed E-state index contributed by atoms with van der Waals surface area (Å²) in [6.45, 7) is 0. The lowest BCUT2D eigenvalue weighted by molar-refractivity contribution is -0.121. The number of phenols is 1. The molecule has 8 heteroatoms. The van der Waals surface area contributed by atoms with Gasteiger partial charge in [-0.2, -0.15) is 0 Å². The molecule has 1 saturated carbocycles. The Balaban J connectivity index is 1.54. The molecule has 27 heavy (non-hydrogen) atoms. The fourth-order valence-corrected chi connectivity index (χ4v) is 3.37. The molecule has 1 aliphatic carbocycles. The maximum absolute atomic E-state index is 12.2. The lowest BCUT2D eigenvalue weighted by Gasteiger charge is -2.16. The second-order valence-electron chi connectivity index (χ2n) is 6.55. The van der Waals surface area contributed by atoms with E-state index in [0.717, 1.165) is 0 Å². The molecule has 0 saturated heterocycles. The Morgan fingerprint density at radius 3 is 2.74 bits per heavy atom. The second kappa shape index (κ2) is 8.37. The smallest absolute Gasteiger partial charge is 0.270 e. The van der Waals surface area contributed by atoms with Crippen molar-refractivity contribution in [1.29, 1.82) is 0 Å². The molecule has 3 atom stereocenters. The number of nitrogens with one attached hydrogen (secondary N) is 2. The third-order valence-corrected chi connectivity index (χ3v) is 4.74. The van der Waals surface area contributed by atoms with E-state index in [1.165, 1.54) is 18.3 Å². The van der Waals surface area contributed by atoms with E-state index >= 15 is 0 Å². The van der Waals surface area contributed by atoms with Crippen molar-refractivity contribution in [1.82, 2.24) is 15.6 Å². The predicted octanol–water partition coefficient (Wildman–Crippen LogP) is 1.42. The predicted molar refractivity (Wildman–Crippen MR) is 99.5 cm³/mol. The minimum atomic E-state index is -0.762. The SMILES string of the molecule is O=C(Cc1cc(Cl)ccc1O)NC1C[C@@H](O)[C@H](NC(=O)c2ccccn2)C1. The van der Waals surface area contributed by atoms with E-state index in [9.17, 15) is 19.8 Å². The highest BCUT2D eigenvalue weighted by Crippen LogP contribution is 2.23. The maximum atomic E-state index is 12.2. The van der Waals surface area contributed by atoms with Gasteiger partial charge in [0.05, 0.1) is 18.6 Å². The van der Waals surface area contributed by atoms with Crippen LogP contribution in [0.1, 0.15) is 28.9 Å². The minimum absolute atomic E-state index is 0.00140. The Hall–Kier alpha value is -2.64. The van der Waals surface area contributed by atoms with Gasteiger partial charge in [-0.15, -0.1) is 0 Å². The van der Waals surface area contributed by atoms with Gasteiger partial charge in [0, 0.05) is 22.8 Å². The van der Waals surface area contributed by atoms with Gasteiger partial charge in [0.2, 0.25) is 5.91 Å². The lowest BCUT2D eigenvalue weighted by Crippen LogP contribution is -2.40. The van der Waals surface area contributed by atoms with Crippen LogP contribution in [0.4, 0.5) is 0 Å². The summed E-state index contributed by atoms with van der Waals surface area (Å²) < 4.78 is 0. The standard InChI is InChI=1S/C19H20ClN3O4/c20-12-4-5-16(24)11(7-12)8-18(26)22-13-9-15(17(25)10-13)23-19(27)14-3-1-2-6-21-14/h1-7,13,15,17,24-25H,8-10H2,(H,22,26)(H,23,27)/t13?,15-,17-/m1/s1. The number of pyridine rings is 1. The maximum Gasteiger partial charge on any atom is 0.270 e. The number of benzene rings is 1. The summed E-state index contributed by atoms with van der Waals surface area (Å²) in [6, 6.07) is 8.79. The molecule has 142 valence electrons. The van der Waals surface area contributed by atoms with Gasteiger partial charge in [-0.25, -0.2) is 0 Å². The van der Waals surface area contributed by atoms with E-state index in [-0.39, 0.29) is 35.7 Å². The average molecular weight is 390 g/mol. The summed E-state index contributed by atoms with van der Waals surface area (Å²) in [4.78, 5) is 28.4. The Morgan fingerprint density at radius 2 is 2.00 bits per heavy atom. The number of aliphatic hydroxyl groups is 1. The number of nitrogens with zero attached hydrogens (tertiary/aromatic N) is 1. The zero-order chi connectivity index (χ0) is 19.4. The van der Waals surface area contributed by atoms with Crippen molar-refractivity contribution in [3.63, 3.8) is 0 Å². The Morgan fingerprint density at radius 1 is 1.19 bits per heavy atom. The van der Waals surface area contributed by atoms with Crippen LogP contribution in [0.5, 0.6) is 5.75 Å². The molecule has 1 aliphatic rings. The van der Waals surface area contributed by atoms with Gasteiger partial charge < -0.3 is 20.8 Å². The van der Waals surface area contributed by atoms with Crippen molar-refractivity contribution in [2.24, 2.45) is 0 Å². The Labute approximate surface area is 161 Å². The lowest BCUT2D eigenvalue weighted by atomic mass is 10.1. The zero-order valence-electron chi connectivity index (χ0n) is 14.4. The van der Waals surface area contributed by atoms with Crippen LogP contribution in [-0.2, 0) is 11.2 Å². The van der Waals surface area contributed by atoms with Gasteiger partial charge in [-0.1, -0.05) is 17.7 Å². The van der Waals surface area contributed by atoms with Crippen molar-refractivity contribution < 1.29 is 19.8 Å². The minimum Gasteiger partial charge on any atom is -0.508 e. The number of aliphatic hydroxyl groups excluding tert-OH is 1. The van der Waals surface area contributed by atoms with Crippen LogP contribution in [0.15, 0.2) is 42.6 Å². The fourth-order valence-electron chi connectivity index (χ4n) is 3.18. The third-order valence-electron chi connectivity index (χ3n) is 4.50. The number of amides is 2. The van der Waals surface area contributed by atoms with Gasteiger partial charge in [-0.3, -0.25) is 14.6 Å². The van der Waals surface area contributed by atoms with E-state index in [1.807, 2.05) is 0 Å². The van der Waals surface area contributed by atoms with Gasteiger partial charge in [0.15, 0.2) is 0 Å². The number of carbonyl (C=O) groups is 2. The van der Waals surface area contributed by atoms with Crippen molar-refractivity contribution >= 4 is 23.4 Å².